The molecule has 0 aromatic carbocycles. The first-order valence-electron chi connectivity index (χ1n) is 7.94. The zero-order valence-electron chi connectivity index (χ0n) is 13.3. The fourth-order valence-corrected chi connectivity index (χ4v) is 4.77. The molecule has 6 heteroatoms. The monoisotopic (exact) mass is 320 g/mol. The highest BCUT2D eigenvalue weighted by Crippen LogP contribution is 2.61. The van der Waals surface area contributed by atoms with Gasteiger partial charge in [0.15, 0.2) is 0 Å². The Morgan fingerprint density at radius 3 is 2.52 bits per heavy atom. The van der Waals surface area contributed by atoms with Crippen molar-refractivity contribution < 1.29 is 28.7 Å². The minimum atomic E-state index is -0.986. The molecule has 3 unspecified atom stereocenters. The summed E-state index contributed by atoms with van der Waals surface area (Å²) in [5.41, 5.74) is -0.409. The summed E-state index contributed by atoms with van der Waals surface area (Å²) in [6.07, 6.45) is 4.29. The van der Waals surface area contributed by atoms with Crippen molar-refractivity contribution in [3.05, 3.63) is 11.1 Å². The summed E-state index contributed by atoms with van der Waals surface area (Å²) in [5, 5.41) is 0. The van der Waals surface area contributed by atoms with Gasteiger partial charge in [-0.2, -0.15) is 0 Å². The molecule has 4 rings (SSSR count). The Morgan fingerprint density at radius 2 is 1.87 bits per heavy atom. The van der Waals surface area contributed by atoms with Crippen molar-refractivity contribution in [3.8, 4) is 0 Å². The number of Topliss-reactive ketones (excluding diaryl/α,β-unsaturated/α-hetero) is 2. The number of fused-ring (bicyclic) bond motifs is 1. The third kappa shape index (κ3) is 2.15. The molecule has 6 nitrogen and oxygen atoms in total. The van der Waals surface area contributed by atoms with Crippen LogP contribution in [0.2, 0.25) is 0 Å². The van der Waals surface area contributed by atoms with Crippen molar-refractivity contribution >= 4 is 23.5 Å². The van der Waals surface area contributed by atoms with Crippen LogP contribution in [0.4, 0.5) is 0 Å². The smallest absolute Gasteiger partial charge is 0.379 e. The van der Waals surface area contributed by atoms with Gasteiger partial charge in [0, 0.05) is 17.4 Å². The van der Waals surface area contributed by atoms with Crippen LogP contribution in [0.25, 0.3) is 0 Å². The molecule has 2 fully saturated rings. The van der Waals surface area contributed by atoms with Crippen LogP contribution in [0.3, 0.4) is 0 Å². The highest BCUT2D eigenvalue weighted by atomic mass is 16.5. The topological polar surface area (TPSA) is 86.7 Å². The van der Waals surface area contributed by atoms with Crippen LogP contribution in [0.15, 0.2) is 11.1 Å². The molecule has 3 atom stereocenters. The van der Waals surface area contributed by atoms with Crippen LogP contribution in [0.1, 0.15) is 38.5 Å². The first-order valence-corrected chi connectivity index (χ1v) is 7.94. The first-order chi connectivity index (χ1) is 11.0. The predicted molar refractivity (Wildman–Crippen MR) is 78.2 cm³/mol. The van der Waals surface area contributed by atoms with Gasteiger partial charge in [0.05, 0.1) is 25.7 Å². The Morgan fingerprint density at radius 1 is 1.13 bits per heavy atom. The number of methoxy groups -OCH3 is 2. The zero-order valence-corrected chi connectivity index (χ0v) is 13.3. The van der Waals surface area contributed by atoms with Gasteiger partial charge in [-0.1, -0.05) is 12.8 Å². The van der Waals surface area contributed by atoms with Crippen molar-refractivity contribution in [1.29, 1.82) is 0 Å². The molecule has 124 valence electrons. The summed E-state index contributed by atoms with van der Waals surface area (Å²) in [6, 6.07) is 0. The molecule has 4 aliphatic carbocycles. The molecule has 0 aliphatic heterocycles. The van der Waals surface area contributed by atoms with E-state index in [1.807, 2.05) is 0 Å². The summed E-state index contributed by atoms with van der Waals surface area (Å²) >= 11 is 0. The van der Waals surface area contributed by atoms with Crippen molar-refractivity contribution in [1.82, 2.24) is 0 Å². The number of carbonyl (C=O) groups excluding carboxylic acids is 4. The standard InChI is InChI=1S/C17H20O6/c1-22-15(20)12-10-7-9-5-3-4-6-17(9,8-11(10)18)13(12)14(19)16(21)23-2/h9-10H,3-8H2,1-2H3. The van der Waals surface area contributed by atoms with Crippen LogP contribution in [-0.2, 0) is 28.7 Å². The molecule has 4 aliphatic rings. The minimum Gasteiger partial charge on any atom is -0.466 e. The number of esters is 2. The maximum atomic E-state index is 12.7. The van der Waals surface area contributed by atoms with Crippen molar-refractivity contribution in [2.24, 2.45) is 17.3 Å². The van der Waals surface area contributed by atoms with Crippen molar-refractivity contribution in [3.63, 3.8) is 0 Å². The molecule has 23 heavy (non-hydrogen) atoms. The highest BCUT2D eigenvalue weighted by Gasteiger charge is 2.60. The van der Waals surface area contributed by atoms with E-state index in [1.54, 1.807) is 0 Å². The van der Waals surface area contributed by atoms with E-state index in [1.165, 1.54) is 7.11 Å². The number of hydrogen-bond donors (Lipinski definition) is 0. The number of ether oxygens (including phenoxy) is 2. The van der Waals surface area contributed by atoms with E-state index < -0.39 is 29.1 Å². The lowest BCUT2D eigenvalue weighted by Gasteiger charge is -2.54. The molecular weight excluding hydrogens is 300 g/mol. The Labute approximate surface area is 134 Å². The van der Waals surface area contributed by atoms with Gasteiger partial charge in [0.2, 0.25) is 0 Å². The minimum absolute atomic E-state index is 0.0232. The van der Waals surface area contributed by atoms with E-state index in [-0.39, 0.29) is 29.3 Å². The summed E-state index contributed by atoms with van der Waals surface area (Å²) in [7, 11) is 2.36. The first kappa shape index (κ1) is 15.9. The van der Waals surface area contributed by atoms with E-state index in [4.69, 9.17) is 4.74 Å². The third-order valence-electron chi connectivity index (χ3n) is 5.72. The van der Waals surface area contributed by atoms with Crippen LogP contribution in [0, 0.1) is 17.3 Å². The molecule has 1 spiro atoms. The molecule has 0 N–H and O–H groups in total. The Hall–Kier alpha value is -1.98. The van der Waals surface area contributed by atoms with E-state index in [9.17, 15) is 19.2 Å². The third-order valence-corrected chi connectivity index (χ3v) is 5.72. The summed E-state index contributed by atoms with van der Waals surface area (Å²) in [6.45, 7) is 0. The fourth-order valence-electron chi connectivity index (χ4n) is 4.77. The average Bonchev–Trinajstić information content (AvgIpc) is 2.57. The molecule has 0 aromatic heterocycles. The Kier molecular flexibility index (Phi) is 3.86. The van der Waals surface area contributed by atoms with Crippen LogP contribution in [-0.4, -0.2) is 37.7 Å². The maximum Gasteiger partial charge on any atom is 0.379 e. The van der Waals surface area contributed by atoms with Gasteiger partial charge in [-0.25, -0.2) is 9.59 Å². The number of ketones is 2. The lowest BCUT2D eigenvalue weighted by atomic mass is 9.47. The molecule has 0 aromatic rings. The molecule has 0 radical (unpaired) electrons. The second-order valence-corrected chi connectivity index (χ2v) is 6.63. The predicted octanol–water partition coefficient (Wildman–Crippen LogP) is 1.37. The number of hydrogen-bond acceptors (Lipinski definition) is 6. The Balaban J connectivity index is 2.22. The molecule has 2 saturated carbocycles. The van der Waals surface area contributed by atoms with Gasteiger partial charge in [0.25, 0.3) is 5.78 Å². The summed E-state index contributed by atoms with van der Waals surface area (Å²) in [4.78, 5) is 49.2. The normalized spacial score (nSPS) is 32.3. The van der Waals surface area contributed by atoms with Gasteiger partial charge in [-0.15, -0.1) is 0 Å². The molecule has 2 bridgehead atoms. The van der Waals surface area contributed by atoms with E-state index >= 15 is 0 Å². The summed E-state index contributed by atoms with van der Waals surface area (Å²) in [5.74, 6) is -2.95. The summed E-state index contributed by atoms with van der Waals surface area (Å²) < 4.78 is 9.39. The second kappa shape index (κ2) is 5.58. The average molecular weight is 320 g/mol. The second-order valence-electron chi connectivity index (χ2n) is 6.63. The molecule has 0 heterocycles. The van der Waals surface area contributed by atoms with Crippen LogP contribution >= 0.6 is 0 Å². The van der Waals surface area contributed by atoms with Gasteiger partial charge >= 0.3 is 11.9 Å². The highest BCUT2D eigenvalue weighted by molar-refractivity contribution is 6.42. The largest absolute Gasteiger partial charge is 0.466 e. The van der Waals surface area contributed by atoms with E-state index in [2.05, 4.69) is 4.74 Å². The fraction of sp³-hybridized carbons (Fsp3) is 0.647. The van der Waals surface area contributed by atoms with E-state index in [0.29, 0.717) is 12.8 Å². The zero-order chi connectivity index (χ0) is 16.8. The lowest BCUT2D eigenvalue weighted by Crippen LogP contribution is -2.54. The van der Waals surface area contributed by atoms with Gasteiger partial charge in [-0.3, -0.25) is 9.59 Å². The SMILES string of the molecule is COC(=O)C(=O)C1=C(C(=O)OC)C2CC3CCCCC13CC2=O. The number of carbonyl (C=O) groups is 4. The maximum absolute atomic E-state index is 12.7. The van der Waals surface area contributed by atoms with Gasteiger partial charge in [0.1, 0.15) is 5.78 Å². The van der Waals surface area contributed by atoms with Crippen molar-refractivity contribution in [2.45, 2.75) is 38.5 Å². The van der Waals surface area contributed by atoms with Gasteiger partial charge in [-0.05, 0) is 25.2 Å². The Bertz CT molecular complexity index is 631. The number of rotatable bonds is 3. The van der Waals surface area contributed by atoms with E-state index in [0.717, 1.165) is 26.4 Å². The molecule has 0 saturated heterocycles. The quantitative estimate of drug-likeness (QED) is 0.576. The lowest BCUT2D eigenvalue weighted by molar-refractivity contribution is -0.153. The van der Waals surface area contributed by atoms with Crippen LogP contribution in [0.5, 0.6) is 0 Å². The molecular formula is C17H20O6. The van der Waals surface area contributed by atoms with Gasteiger partial charge < -0.3 is 9.47 Å². The van der Waals surface area contributed by atoms with Crippen LogP contribution < -0.4 is 0 Å². The molecule has 0 amide bonds. The van der Waals surface area contributed by atoms with Crippen molar-refractivity contribution in [2.75, 3.05) is 14.2 Å².